The lowest BCUT2D eigenvalue weighted by Crippen LogP contribution is -2.13. The van der Waals surface area contributed by atoms with Crippen molar-refractivity contribution in [2.24, 2.45) is 0 Å². The molecule has 166 valence electrons. The Morgan fingerprint density at radius 3 is 2.36 bits per heavy atom. The van der Waals surface area contributed by atoms with E-state index in [1.807, 2.05) is 60.9 Å². The van der Waals surface area contributed by atoms with Crippen molar-refractivity contribution < 1.29 is 9.59 Å². The van der Waals surface area contributed by atoms with Gasteiger partial charge in [0.2, 0.25) is 0 Å². The molecule has 0 bridgehead atoms. The number of aryl methyl sites for hydroxylation is 2. The fraction of sp³-hybridized carbons (Fsp3) is 0.115. The van der Waals surface area contributed by atoms with Gasteiger partial charge in [-0.25, -0.2) is 4.98 Å². The maximum Gasteiger partial charge on any atom is 0.275 e. The minimum Gasteiger partial charge on any atom is -0.332 e. The van der Waals surface area contributed by atoms with Gasteiger partial charge in [-0.3, -0.25) is 9.59 Å². The van der Waals surface area contributed by atoms with Crippen LogP contribution in [-0.4, -0.2) is 21.4 Å². The number of rotatable bonds is 6. The average molecular weight is 459 g/mol. The van der Waals surface area contributed by atoms with Crippen molar-refractivity contribution in [1.29, 1.82) is 0 Å². The number of carbonyl (C=O) groups excluding carboxylic acids is 2. The second kappa shape index (κ2) is 9.71. The Balaban J connectivity index is 1.37. The highest BCUT2D eigenvalue weighted by atomic mass is 35.5. The van der Waals surface area contributed by atoms with Gasteiger partial charge >= 0.3 is 0 Å². The molecule has 0 spiro atoms. The molecule has 3 aromatic carbocycles. The Hall–Kier alpha value is -3.90. The third-order valence-corrected chi connectivity index (χ3v) is 5.44. The minimum atomic E-state index is -0.298. The largest absolute Gasteiger partial charge is 0.332 e. The Bertz CT molecular complexity index is 1290. The number of anilines is 2. The molecule has 33 heavy (non-hydrogen) atoms. The quantitative estimate of drug-likeness (QED) is 0.388. The summed E-state index contributed by atoms with van der Waals surface area (Å²) in [6, 6.07) is 20.3. The van der Waals surface area contributed by atoms with Crippen LogP contribution in [0, 0.1) is 13.8 Å². The van der Waals surface area contributed by atoms with Crippen molar-refractivity contribution in [3.63, 3.8) is 0 Å². The van der Waals surface area contributed by atoms with Gasteiger partial charge in [0.25, 0.3) is 11.8 Å². The molecular formula is C26H23ClN4O2. The van der Waals surface area contributed by atoms with Crippen molar-refractivity contribution in [3.05, 3.63) is 112 Å². The zero-order valence-electron chi connectivity index (χ0n) is 18.3. The van der Waals surface area contributed by atoms with Crippen LogP contribution in [-0.2, 0) is 6.54 Å². The molecule has 2 amide bonds. The average Bonchev–Trinajstić information content (AvgIpc) is 3.27. The number of imidazole rings is 1. The second-order valence-electron chi connectivity index (χ2n) is 7.86. The lowest BCUT2D eigenvalue weighted by molar-refractivity contribution is 0.101. The molecule has 4 rings (SSSR count). The van der Waals surface area contributed by atoms with Crippen LogP contribution in [0.5, 0.6) is 0 Å². The molecule has 7 heteroatoms. The van der Waals surface area contributed by atoms with E-state index in [-0.39, 0.29) is 11.8 Å². The zero-order valence-corrected chi connectivity index (χ0v) is 19.1. The monoisotopic (exact) mass is 458 g/mol. The van der Waals surface area contributed by atoms with Crippen LogP contribution in [0.1, 0.15) is 37.5 Å². The fourth-order valence-electron chi connectivity index (χ4n) is 3.29. The van der Waals surface area contributed by atoms with Gasteiger partial charge in [0.15, 0.2) is 0 Å². The Morgan fingerprint density at radius 2 is 1.64 bits per heavy atom. The number of nitrogens with one attached hydrogen (secondary N) is 2. The van der Waals surface area contributed by atoms with Crippen molar-refractivity contribution in [2.75, 3.05) is 10.6 Å². The third kappa shape index (κ3) is 5.67. The third-order valence-electron chi connectivity index (χ3n) is 5.20. The summed E-state index contributed by atoms with van der Waals surface area (Å²) >= 11 is 6.02. The summed E-state index contributed by atoms with van der Waals surface area (Å²) in [7, 11) is 0. The van der Waals surface area contributed by atoms with Crippen LogP contribution in [0.3, 0.4) is 0 Å². The summed E-state index contributed by atoms with van der Waals surface area (Å²) in [5, 5.41) is 6.30. The molecule has 0 saturated heterocycles. The normalized spacial score (nSPS) is 10.6. The number of hydrogen-bond acceptors (Lipinski definition) is 3. The molecule has 0 saturated carbocycles. The van der Waals surface area contributed by atoms with E-state index < -0.39 is 0 Å². The molecule has 4 aromatic rings. The first kappa shape index (κ1) is 22.3. The molecule has 0 radical (unpaired) electrons. The van der Waals surface area contributed by atoms with E-state index in [0.29, 0.717) is 34.2 Å². The lowest BCUT2D eigenvalue weighted by Gasteiger charge is -2.08. The topological polar surface area (TPSA) is 76.0 Å². The van der Waals surface area contributed by atoms with Gasteiger partial charge in [0, 0.05) is 34.7 Å². The summed E-state index contributed by atoms with van der Waals surface area (Å²) in [6.07, 6.45) is 3.31. The van der Waals surface area contributed by atoms with Crippen LogP contribution >= 0.6 is 11.6 Å². The van der Waals surface area contributed by atoms with Gasteiger partial charge in [-0.1, -0.05) is 47.5 Å². The maximum absolute atomic E-state index is 12.6. The molecular weight excluding hydrogens is 436 g/mol. The highest BCUT2D eigenvalue weighted by Gasteiger charge is 2.12. The summed E-state index contributed by atoms with van der Waals surface area (Å²) in [5.74, 6) is -0.448. The van der Waals surface area contributed by atoms with E-state index in [2.05, 4.69) is 15.6 Å². The highest BCUT2D eigenvalue weighted by Crippen LogP contribution is 2.21. The number of benzene rings is 3. The van der Waals surface area contributed by atoms with Crippen LogP contribution < -0.4 is 10.6 Å². The van der Waals surface area contributed by atoms with Gasteiger partial charge in [-0.05, 0) is 61.4 Å². The van der Waals surface area contributed by atoms with Crippen molar-refractivity contribution in [3.8, 4) is 0 Å². The fourth-order valence-corrected chi connectivity index (χ4v) is 3.46. The van der Waals surface area contributed by atoms with E-state index in [1.54, 1.807) is 36.8 Å². The molecule has 1 aromatic heterocycles. The van der Waals surface area contributed by atoms with E-state index in [1.165, 1.54) is 0 Å². The molecule has 0 aliphatic rings. The summed E-state index contributed by atoms with van der Waals surface area (Å²) in [4.78, 5) is 29.1. The first-order valence-corrected chi connectivity index (χ1v) is 10.8. The summed E-state index contributed by atoms with van der Waals surface area (Å²) in [5.41, 5.74) is 5.34. The molecule has 1 heterocycles. The molecule has 2 N–H and O–H groups in total. The van der Waals surface area contributed by atoms with Gasteiger partial charge in [-0.2, -0.15) is 0 Å². The van der Waals surface area contributed by atoms with Crippen molar-refractivity contribution in [2.45, 2.75) is 20.4 Å². The van der Waals surface area contributed by atoms with Crippen molar-refractivity contribution >= 4 is 34.8 Å². The maximum atomic E-state index is 12.6. The number of hydrogen-bond donors (Lipinski definition) is 2. The second-order valence-corrected chi connectivity index (χ2v) is 8.30. The summed E-state index contributed by atoms with van der Waals surface area (Å²) in [6.45, 7) is 4.43. The molecule has 0 atom stereocenters. The number of halogens is 1. The lowest BCUT2D eigenvalue weighted by atomic mass is 10.1. The van der Waals surface area contributed by atoms with Crippen molar-refractivity contribution in [1.82, 2.24) is 9.55 Å². The molecule has 0 aliphatic heterocycles. The number of carbonyl (C=O) groups is 2. The number of nitrogens with zero attached hydrogens (tertiary/aromatic N) is 2. The SMILES string of the molecule is Cc1ccc(C(=O)Nc2ccc(Cn3cnc(C(=O)Nc4cc(Cl)ccc4C)c3)cc2)cc1. The van der Waals surface area contributed by atoms with E-state index in [9.17, 15) is 9.59 Å². The van der Waals surface area contributed by atoms with Gasteiger partial charge in [0.1, 0.15) is 5.69 Å². The predicted octanol–water partition coefficient (Wildman–Crippen LogP) is 5.71. The van der Waals surface area contributed by atoms with Gasteiger partial charge in [-0.15, -0.1) is 0 Å². The predicted molar refractivity (Wildman–Crippen MR) is 131 cm³/mol. The first-order chi connectivity index (χ1) is 15.9. The Labute approximate surface area is 197 Å². The van der Waals surface area contributed by atoms with Gasteiger partial charge < -0.3 is 15.2 Å². The van der Waals surface area contributed by atoms with Gasteiger partial charge in [0.05, 0.1) is 6.33 Å². The molecule has 0 fully saturated rings. The van der Waals surface area contributed by atoms with Crippen LogP contribution in [0.15, 0.2) is 79.3 Å². The van der Waals surface area contributed by atoms with Crippen LogP contribution in [0.25, 0.3) is 0 Å². The van der Waals surface area contributed by atoms with Crippen LogP contribution in [0.4, 0.5) is 11.4 Å². The smallest absolute Gasteiger partial charge is 0.275 e. The first-order valence-electron chi connectivity index (χ1n) is 10.4. The Kier molecular flexibility index (Phi) is 6.56. The van der Waals surface area contributed by atoms with E-state index >= 15 is 0 Å². The number of amides is 2. The zero-order chi connectivity index (χ0) is 23.4. The highest BCUT2D eigenvalue weighted by molar-refractivity contribution is 6.31. The minimum absolute atomic E-state index is 0.150. The van der Waals surface area contributed by atoms with Crippen LogP contribution in [0.2, 0.25) is 5.02 Å². The molecule has 0 aliphatic carbocycles. The Morgan fingerprint density at radius 1 is 0.909 bits per heavy atom. The number of aromatic nitrogens is 2. The molecule has 6 nitrogen and oxygen atoms in total. The van der Waals surface area contributed by atoms with E-state index in [0.717, 1.165) is 16.7 Å². The van der Waals surface area contributed by atoms with E-state index in [4.69, 9.17) is 11.6 Å². The molecule has 0 unspecified atom stereocenters. The summed E-state index contributed by atoms with van der Waals surface area (Å²) < 4.78 is 1.83. The standard InChI is InChI=1S/C26H23ClN4O2/c1-17-3-8-20(9-4-17)25(32)29-22-11-6-19(7-12-22)14-31-15-24(28-16-31)26(33)30-23-13-21(27)10-5-18(23)2/h3-13,15-16H,14H2,1-2H3,(H,29,32)(H,30,33).